The second kappa shape index (κ2) is 6.16. The van der Waals surface area contributed by atoms with Crippen LogP contribution in [0.3, 0.4) is 0 Å². The van der Waals surface area contributed by atoms with Crippen LogP contribution in [0.1, 0.15) is 40.4 Å². The zero-order valence-corrected chi connectivity index (χ0v) is 14.0. The summed E-state index contributed by atoms with van der Waals surface area (Å²) >= 11 is 0. The molecule has 0 radical (unpaired) electrons. The van der Waals surface area contributed by atoms with Gasteiger partial charge >= 0.3 is 0 Å². The third-order valence-corrected chi connectivity index (χ3v) is 4.63. The van der Waals surface area contributed by atoms with E-state index in [-0.39, 0.29) is 23.1 Å². The summed E-state index contributed by atoms with van der Waals surface area (Å²) in [6.07, 6.45) is 5.26. The van der Waals surface area contributed by atoms with Crippen molar-refractivity contribution >= 4 is 11.6 Å². The minimum atomic E-state index is -0.367. The highest BCUT2D eigenvalue weighted by Gasteiger charge is 2.34. The Balaban J connectivity index is 1.67. The number of nitrogens with one attached hydrogen (secondary N) is 1. The van der Waals surface area contributed by atoms with Crippen LogP contribution in [-0.4, -0.2) is 15.3 Å². The first-order valence-corrected chi connectivity index (χ1v) is 8.47. The van der Waals surface area contributed by atoms with Gasteiger partial charge in [-0.3, -0.25) is 14.0 Å². The Morgan fingerprint density at radius 2 is 1.96 bits per heavy atom. The number of hydrogen-bond acceptors (Lipinski definition) is 3. The van der Waals surface area contributed by atoms with Gasteiger partial charge in [0, 0.05) is 12.4 Å². The van der Waals surface area contributed by atoms with Gasteiger partial charge in [-0.25, -0.2) is 4.98 Å². The molecule has 5 heteroatoms. The molecule has 1 aliphatic rings. The largest absolute Gasteiger partial charge is 0.345 e. The Kier molecular flexibility index (Phi) is 3.84. The van der Waals surface area contributed by atoms with Crippen LogP contribution in [0, 0.1) is 12.8 Å². The monoisotopic (exact) mass is 333 g/mol. The number of aromatic nitrogens is 2. The minimum absolute atomic E-state index is 0.0636. The zero-order valence-electron chi connectivity index (χ0n) is 14.0. The van der Waals surface area contributed by atoms with Crippen molar-refractivity contribution in [3.05, 3.63) is 81.9 Å². The van der Waals surface area contributed by atoms with E-state index in [0.29, 0.717) is 11.6 Å². The summed E-state index contributed by atoms with van der Waals surface area (Å²) in [6, 6.07) is 13.5. The van der Waals surface area contributed by atoms with Crippen LogP contribution in [0.5, 0.6) is 0 Å². The molecule has 5 nitrogen and oxygen atoms in total. The second-order valence-electron chi connectivity index (χ2n) is 6.61. The lowest BCUT2D eigenvalue weighted by atomic mass is 10.0. The van der Waals surface area contributed by atoms with Crippen molar-refractivity contribution < 1.29 is 4.79 Å². The third-order valence-electron chi connectivity index (χ3n) is 4.63. The lowest BCUT2D eigenvalue weighted by molar-refractivity contribution is 0.0929. The van der Waals surface area contributed by atoms with Crippen molar-refractivity contribution in [3.8, 4) is 0 Å². The van der Waals surface area contributed by atoms with Crippen molar-refractivity contribution in [2.75, 3.05) is 0 Å². The summed E-state index contributed by atoms with van der Waals surface area (Å²) in [5.41, 5.74) is 2.28. The fraction of sp³-hybridized carbons (Fsp3) is 0.250. The van der Waals surface area contributed by atoms with Gasteiger partial charge in [0.05, 0.1) is 6.04 Å². The molecule has 1 aliphatic carbocycles. The molecule has 0 spiro atoms. The van der Waals surface area contributed by atoms with E-state index in [2.05, 4.69) is 10.3 Å². The van der Waals surface area contributed by atoms with Crippen LogP contribution >= 0.6 is 0 Å². The number of fused-ring (bicyclic) bond motifs is 1. The van der Waals surface area contributed by atoms with Crippen LogP contribution in [0.25, 0.3) is 5.65 Å². The van der Waals surface area contributed by atoms with Gasteiger partial charge in [-0.05, 0) is 42.9 Å². The Morgan fingerprint density at radius 1 is 1.20 bits per heavy atom. The first kappa shape index (κ1) is 15.6. The topological polar surface area (TPSA) is 63.5 Å². The molecule has 0 saturated heterocycles. The smallest absolute Gasteiger partial charge is 0.270 e. The van der Waals surface area contributed by atoms with E-state index >= 15 is 0 Å². The SMILES string of the molecule is Cc1ccc2ncc(C(=O)NC(c3ccccc3)C3CC3)c(=O)n2c1. The molecule has 1 N–H and O–H groups in total. The lowest BCUT2D eigenvalue weighted by Crippen LogP contribution is -2.35. The molecule has 0 aliphatic heterocycles. The first-order chi connectivity index (χ1) is 12.1. The van der Waals surface area contributed by atoms with Gasteiger partial charge in [0.15, 0.2) is 0 Å². The van der Waals surface area contributed by atoms with E-state index < -0.39 is 0 Å². The molecule has 1 saturated carbocycles. The average Bonchev–Trinajstić information content (AvgIpc) is 3.46. The van der Waals surface area contributed by atoms with Gasteiger partial charge in [-0.15, -0.1) is 0 Å². The number of rotatable bonds is 4. The molecule has 2 aromatic heterocycles. The molecule has 1 unspecified atom stereocenters. The highest BCUT2D eigenvalue weighted by Crippen LogP contribution is 2.41. The summed E-state index contributed by atoms with van der Waals surface area (Å²) in [5.74, 6) is 0.0684. The van der Waals surface area contributed by atoms with E-state index in [1.54, 1.807) is 12.3 Å². The second-order valence-corrected chi connectivity index (χ2v) is 6.61. The zero-order chi connectivity index (χ0) is 17.4. The fourth-order valence-corrected chi connectivity index (χ4v) is 3.12. The number of hydrogen-bond donors (Lipinski definition) is 1. The summed E-state index contributed by atoms with van der Waals surface area (Å²) in [6.45, 7) is 1.90. The molecule has 126 valence electrons. The lowest BCUT2D eigenvalue weighted by Gasteiger charge is -2.18. The molecule has 1 aromatic carbocycles. The molecule has 0 bridgehead atoms. The van der Waals surface area contributed by atoms with Crippen LogP contribution < -0.4 is 10.9 Å². The molecule has 4 rings (SSSR count). The van der Waals surface area contributed by atoms with Gasteiger partial charge in [-0.2, -0.15) is 0 Å². The normalized spacial score (nSPS) is 15.1. The number of pyridine rings is 1. The van der Waals surface area contributed by atoms with Crippen LogP contribution in [0.15, 0.2) is 59.7 Å². The highest BCUT2D eigenvalue weighted by atomic mass is 16.2. The maximum absolute atomic E-state index is 12.7. The predicted octanol–water partition coefficient (Wildman–Crippen LogP) is 2.88. The van der Waals surface area contributed by atoms with E-state index in [4.69, 9.17) is 0 Å². The van der Waals surface area contributed by atoms with Crippen LogP contribution in [0.2, 0.25) is 0 Å². The highest BCUT2D eigenvalue weighted by molar-refractivity contribution is 5.94. The van der Waals surface area contributed by atoms with Crippen molar-refractivity contribution in [1.29, 1.82) is 0 Å². The number of aryl methyl sites for hydroxylation is 1. The predicted molar refractivity (Wildman–Crippen MR) is 95.6 cm³/mol. The fourth-order valence-electron chi connectivity index (χ4n) is 3.12. The summed E-state index contributed by atoms with van der Waals surface area (Å²) in [4.78, 5) is 29.7. The van der Waals surface area contributed by atoms with Crippen LogP contribution in [0.4, 0.5) is 0 Å². The molecule has 1 fully saturated rings. The summed E-state index contributed by atoms with van der Waals surface area (Å²) in [7, 11) is 0. The Labute approximate surface area is 145 Å². The Bertz CT molecular complexity index is 991. The maximum atomic E-state index is 12.7. The number of benzene rings is 1. The van der Waals surface area contributed by atoms with Gasteiger partial charge in [-0.1, -0.05) is 36.4 Å². The van der Waals surface area contributed by atoms with Gasteiger partial charge in [0.1, 0.15) is 11.2 Å². The first-order valence-electron chi connectivity index (χ1n) is 8.47. The number of amides is 1. The number of nitrogens with zero attached hydrogens (tertiary/aromatic N) is 2. The maximum Gasteiger partial charge on any atom is 0.270 e. The molecule has 25 heavy (non-hydrogen) atoms. The molecule has 1 atom stereocenters. The van der Waals surface area contributed by atoms with E-state index in [1.165, 1.54) is 10.6 Å². The molecule has 3 aromatic rings. The van der Waals surface area contributed by atoms with Crippen molar-refractivity contribution in [2.24, 2.45) is 5.92 Å². The van der Waals surface area contributed by atoms with Crippen molar-refractivity contribution in [2.45, 2.75) is 25.8 Å². The van der Waals surface area contributed by atoms with E-state index in [0.717, 1.165) is 24.0 Å². The Hall–Kier alpha value is -2.95. The average molecular weight is 333 g/mol. The summed E-state index contributed by atoms with van der Waals surface area (Å²) in [5, 5.41) is 3.04. The van der Waals surface area contributed by atoms with Gasteiger partial charge in [0.25, 0.3) is 11.5 Å². The van der Waals surface area contributed by atoms with Gasteiger partial charge < -0.3 is 5.32 Å². The molecule has 2 heterocycles. The Morgan fingerprint density at radius 3 is 2.68 bits per heavy atom. The quantitative estimate of drug-likeness (QED) is 0.798. The number of carbonyl (C=O) groups is 1. The van der Waals surface area contributed by atoms with Crippen molar-refractivity contribution in [1.82, 2.24) is 14.7 Å². The number of carbonyl (C=O) groups excluding carboxylic acids is 1. The third kappa shape index (κ3) is 3.05. The van der Waals surface area contributed by atoms with E-state index in [9.17, 15) is 9.59 Å². The molecule has 1 amide bonds. The molecular formula is C20H19N3O2. The standard InChI is InChI=1S/C20H19N3O2/c1-13-7-10-17-21-11-16(20(25)23(17)12-13)19(24)22-18(15-8-9-15)14-5-3-2-4-6-14/h2-7,10-12,15,18H,8-9H2,1H3,(H,22,24). The van der Waals surface area contributed by atoms with Crippen LogP contribution in [-0.2, 0) is 0 Å². The van der Waals surface area contributed by atoms with Gasteiger partial charge in [0.2, 0.25) is 0 Å². The van der Waals surface area contributed by atoms with Crippen molar-refractivity contribution in [3.63, 3.8) is 0 Å². The molecular weight excluding hydrogens is 314 g/mol. The summed E-state index contributed by atoms with van der Waals surface area (Å²) < 4.78 is 1.43. The minimum Gasteiger partial charge on any atom is -0.345 e. The van der Waals surface area contributed by atoms with E-state index in [1.807, 2.05) is 43.3 Å².